The molecular formula is C22H29ClN4O2S. The zero-order valence-electron chi connectivity index (χ0n) is 17.7. The molecule has 1 aliphatic rings. The Morgan fingerprint density at radius 1 is 1.23 bits per heavy atom. The monoisotopic (exact) mass is 448 g/mol. The normalized spacial score (nSPS) is 16.9. The first-order chi connectivity index (χ1) is 14.3. The van der Waals surface area contributed by atoms with Gasteiger partial charge in [0.2, 0.25) is 11.9 Å². The van der Waals surface area contributed by atoms with Crippen LogP contribution in [0.2, 0.25) is 5.02 Å². The minimum absolute atomic E-state index is 0.0324. The highest BCUT2D eigenvalue weighted by Gasteiger charge is 2.37. The topological polar surface area (TPSA) is 78.4 Å². The molecule has 3 rings (SSSR count). The van der Waals surface area contributed by atoms with Gasteiger partial charge < -0.3 is 15.3 Å². The fourth-order valence-electron chi connectivity index (χ4n) is 3.81. The molecule has 0 unspecified atom stereocenters. The molecule has 1 atom stereocenters. The maximum absolute atomic E-state index is 13.3. The standard InChI is InChI=1S/C22H29ClN4O2S/c1-15-14-16(2)25-21(24-15)26-19(8-13-30-3)20(28)27-11-9-22(29,10-12-27)17-4-6-18(23)7-5-17/h4-7,14,19,29H,8-13H2,1-3H3,(H,24,25,26)/t19-/m0/s1. The molecule has 0 spiro atoms. The Balaban J connectivity index is 1.68. The lowest BCUT2D eigenvalue weighted by molar-refractivity contribution is -0.136. The number of carbonyl (C=O) groups excluding carboxylic acids is 1. The lowest BCUT2D eigenvalue weighted by Crippen LogP contribution is -2.50. The number of anilines is 1. The average Bonchev–Trinajstić information content (AvgIpc) is 2.71. The van der Waals surface area contributed by atoms with E-state index in [1.54, 1.807) is 23.9 Å². The summed E-state index contributed by atoms with van der Waals surface area (Å²) in [6.07, 6.45) is 3.71. The Morgan fingerprint density at radius 2 is 1.83 bits per heavy atom. The summed E-state index contributed by atoms with van der Waals surface area (Å²) in [5.74, 6) is 1.38. The van der Waals surface area contributed by atoms with Crippen LogP contribution in [0.1, 0.15) is 36.2 Å². The quantitative estimate of drug-likeness (QED) is 0.670. The first-order valence-electron chi connectivity index (χ1n) is 10.2. The minimum Gasteiger partial charge on any atom is -0.385 e. The van der Waals surface area contributed by atoms with Crippen molar-refractivity contribution in [2.24, 2.45) is 0 Å². The van der Waals surface area contributed by atoms with Crippen LogP contribution in [0, 0.1) is 13.8 Å². The van der Waals surface area contributed by atoms with E-state index in [4.69, 9.17) is 11.6 Å². The van der Waals surface area contributed by atoms with Gasteiger partial charge in [-0.15, -0.1) is 0 Å². The predicted molar refractivity (Wildman–Crippen MR) is 123 cm³/mol. The van der Waals surface area contributed by atoms with Crippen molar-refractivity contribution in [2.45, 2.75) is 44.8 Å². The van der Waals surface area contributed by atoms with Gasteiger partial charge in [0.15, 0.2) is 0 Å². The second-order valence-electron chi connectivity index (χ2n) is 7.82. The van der Waals surface area contributed by atoms with E-state index in [9.17, 15) is 9.90 Å². The van der Waals surface area contributed by atoms with Crippen LogP contribution in [-0.2, 0) is 10.4 Å². The molecular weight excluding hydrogens is 420 g/mol. The molecule has 2 N–H and O–H groups in total. The Morgan fingerprint density at radius 3 is 2.40 bits per heavy atom. The summed E-state index contributed by atoms with van der Waals surface area (Å²) in [5, 5.41) is 15.0. The van der Waals surface area contributed by atoms with Crippen molar-refractivity contribution in [2.75, 3.05) is 30.4 Å². The Labute approximate surface area is 187 Å². The summed E-state index contributed by atoms with van der Waals surface area (Å²) in [5.41, 5.74) is 1.65. The van der Waals surface area contributed by atoms with Crippen LogP contribution in [0.25, 0.3) is 0 Å². The van der Waals surface area contributed by atoms with Gasteiger partial charge in [-0.2, -0.15) is 11.8 Å². The van der Waals surface area contributed by atoms with Gasteiger partial charge in [0.25, 0.3) is 0 Å². The lowest BCUT2D eigenvalue weighted by Gasteiger charge is -2.39. The van der Waals surface area contributed by atoms with Crippen LogP contribution in [0.15, 0.2) is 30.3 Å². The van der Waals surface area contributed by atoms with Crippen LogP contribution in [0.5, 0.6) is 0 Å². The molecule has 30 heavy (non-hydrogen) atoms. The maximum atomic E-state index is 13.3. The van der Waals surface area contributed by atoms with Gasteiger partial charge in [-0.05, 0) is 68.9 Å². The number of amides is 1. The molecule has 1 fully saturated rings. The van der Waals surface area contributed by atoms with Gasteiger partial charge in [-0.25, -0.2) is 9.97 Å². The second kappa shape index (κ2) is 9.98. The SMILES string of the molecule is CSCC[C@H](Nc1nc(C)cc(C)n1)C(=O)N1CCC(O)(c2ccc(Cl)cc2)CC1. The highest BCUT2D eigenvalue weighted by molar-refractivity contribution is 7.98. The fraction of sp³-hybridized carbons (Fsp3) is 0.500. The van der Waals surface area contributed by atoms with Crippen molar-refractivity contribution in [3.63, 3.8) is 0 Å². The number of likely N-dealkylation sites (tertiary alicyclic amines) is 1. The van der Waals surface area contributed by atoms with E-state index in [0.717, 1.165) is 22.7 Å². The fourth-order valence-corrected chi connectivity index (χ4v) is 4.40. The summed E-state index contributed by atoms with van der Waals surface area (Å²) < 4.78 is 0. The van der Waals surface area contributed by atoms with E-state index in [1.165, 1.54) is 0 Å². The average molecular weight is 449 g/mol. The summed E-state index contributed by atoms with van der Waals surface area (Å²) in [4.78, 5) is 24.0. The molecule has 162 valence electrons. The number of aromatic nitrogens is 2. The summed E-state index contributed by atoms with van der Waals surface area (Å²) >= 11 is 7.68. The van der Waals surface area contributed by atoms with Crippen LogP contribution in [0.4, 0.5) is 5.95 Å². The van der Waals surface area contributed by atoms with E-state index >= 15 is 0 Å². The van der Waals surface area contributed by atoms with E-state index in [0.29, 0.717) is 43.3 Å². The third kappa shape index (κ3) is 5.65. The molecule has 2 aromatic rings. The number of piperidine rings is 1. The molecule has 0 aliphatic carbocycles. The minimum atomic E-state index is -0.930. The Bertz CT molecular complexity index is 850. The molecule has 0 saturated carbocycles. The van der Waals surface area contributed by atoms with E-state index in [2.05, 4.69) is 15.3 Å². The second-order valence-corrected chi connectivity index (χ2v) is 9.24. The summed E-state index contributed by atoms with van der Waals surface area (Å²) in [6, 6.07) is 8.82. The predicted octanol–water partition coefficient (Wildman–Crippen LogP) is 3.79. The highest BCUT2D eigenvalue weighted by Crippen LogP contribution is 2.33. The number of carbonyl (C=O) groups is 1. The third-order valence-electron chi connectivity index (χ3n) is 5.48. The first-order valence-corrected chi connectivity index (χ1v) is 11.9. The van der Waals surface area contributed by atoms with E-state index in [-0.39, 0.29) is 11.9 Å². The largest absolute Gasteiger partial charge is 0.385 e. The van der Waals surface area contributed by atoms with E-state index < -0.39 is 5.60 Å². The number of thioether (sulfide) groups is 1. The Kier molecular flexibility index (Phi) is 7.60. The number of benzene rings is 1. The molecule has 6 nitrogen and oxygen atoms in total. The number of aryl methyl sites for hydroxylation is 2. The first kappa shape index (κ1) is 22.8. The zero-order chi connectivity index (χ0) is 21.7. The van der Waals surface area contributed by atoms with Crippen molar-refractivity contribution < 1.29 is 9.90 Å². The number of hydrogen-bond donors (Lipinski definition) is 2. The molecule has 0 bridgehead atoms. The lowest BCUT2D eigenvalue weighted by atomic mass is 9.84. The van der Waals surface area contributed by atoms with Crippen molar-refractivity contribution in [1.82, 2.24) is 14.9 Å². The number of nitrogens with one attached hydrogen (secondary N) is 1. The third-order valence-corrected chi connectivity index (χ3v) is 6.37. The molecule has 1 aromatic carbocycles. The molecule has 2 heterocycles. The van der Waals surface area contributed by atoms with Crippen molar-refractivity contribution >= 4 is 35.2 Å². The molecule has 1 saturated heterocycles. The maximum Gasteiger partial charge on any atom is 0.245 e. The van der Waals surface area contributed by atoms with Gasteiger partial charge in [0.05, 0.1) is 5.60 Å². The van der Waals surface area contributed by atoms with E-state index in [1.807, 2.05) is 43.2 Å². The smallest absolute Gasteiger partial charge is 0.245 e. The highest BCUT2D eigenvalue weighted by atomic mass is 35.5. The van der Waals surface area contributed by atoms with Crippen LogP contribution in [0.3, 0.4) is 0 Å². The van der Waals surface area contributed by atoms with Crippen LogP contribution in [-0.4, -0.2) is 57.0 Å². The molecule has 1 aliphatic heterocycles. The Hall–Kier alpha value is -1.83. The van der Waals surface area contributed by atoms with Gasteiger partial charge in [-0.1, -0.05) is 23.7 Å². The van der Waals surface area contributed by atoms with Gasteiger partial charge >= 0.3 is 0 Å². The van der Waals surface area contributed by atoms with Crippen molar-refractivity contribution in [1.29, 1.82) is 0 Å². The van der Waals surface area contributed by atoms with Crippen LogP contribution < -0.4 is 5.32 Å². The molecule has 8 heteroatoms. The summed E-state index contributed by atoms with van der Waals surface area (Å²) in [7, 11) is 0. The van der Waals surface area contributed by atoms with Gasteiger partial charge in [-0.3, -0.25) is 4.79 Å². The summed E-state index contributed by atoms with van der Waals surface area (Å²) in [6.45, 7) is 4.84. The molecule has 1 aromatic heterocycles. The van der Waals surface area contributed by atoms with Gasteiger partial charge in [0.1, 0.15) is 6.04 Å². The number of hydrogen-bond acceptors (Lipinski definition) is 6. The molecule has 1 amide bonds. The number of halogens is 1. The van der Waals surface area contributed by atoms with Crippen molar-refractivity contribution in [3.8, 4) is 0 Å². The van der Waals surface area contributed by atoms with Gasteiger partial charge in [0, 0.05) is 29.5 Å². The number of aliphatic hydroxyl groups is 1. The number of rotatable bonds is 7. The molecule has 0 radical (unpaired) electrons. The van der Waals surface area contributed by atoms with Crippen LogP contribution >= 0.6 is 23.4 Å². The van der Waals surface area contributed by atoms with Crippen molar-refractivity contribution in [3.05, 3.63) is 52.3 Å². The zero-order valence-corrected chi connectivity index (χ0v) is 19.3. The number of nitrogens with zero attached hydrogens (tertiary/aromatic N) is 3.